The van der Waals surface area contributed by atoms with Gasteiger partial charge in [0.2, 0.25) is 17.7 Å². The van der Waals surface area contributed by atoms with Crippen molar-refractivity contribution in [1.82, 2.24) is 15.1 Å². The minimum Gasteiger partial charge on any atom is -0.489 e. The average molecular weight is 576 g/mol. The molecule has 1 aliphatic carbocycles. The molecule has 8 nitrogen and oxygen atoms in total. The van der Waals surface area contributed by atoms with E-state index in [1.807, 2.05) is 0 Å². The quantitative estimate of drug-likeness (QED) is 0.428. The molecule has 222 valence electrons. The highest BCUT2D eigenvalue weighted by molar-refractivity contribution is 5.89. The van der Waals surface area contributed by atoms with Crippen LogP contribution in [0.2, 0.25) is 0 Å². The number of piperazine rings is 1. The SMILES string of the molecule is COC(=O)c1ccc(COc2ccc(F)cc2CN2CCN(C(=O)CNC(=O)CC3CCC(F)(F)CC3)CC2)cc1. The highest BCUT2D eigenvalue weighted by Gasteiger charge is 2.35. The van der Waals surface area contributed by atoms with Crippen LogP contribution in [0.1, 0.15) is 53.6 Å². The number of nitrogens with zero attached hydrogens (tertiary/aromatic N) is 2. The summed E-state index contributed by atoms with van der Waals surface area (Å²) in [6.45, 7) is 2.62. The van der Waals surface area contributed by atoms with Crippen molar-refractivity contribution < 1.29 is 37.0 Å². The van der Waals surface area contributed by atoms with E-state index < -0.39 is 11.9 Å². The van der Waals surface area contributed by atoms with Crippen LogP contribution in [-0.4, -0.2) is 73.3 Å². The van der Waals surface area contributed by atoms with Crippen molar-refractivity contribution in [2.75, 3.05) is 39.8 Å². The lowest BCUT2D eigenvalue weighted by molar-refractivity contribution is -0.134. The van der Waals surface area contributed by atoms with E-state index in [2.05, 4.69) is 10.2 Å². The van der Waals surface area contributed by atoms with Crippen molar-refractivity contribution in [1.29, 1.82) is 0 Å². The summed E-state index contributed by atoms with van der Waals surface area (Å²) < 4.78 is 51.4. The number of hydrogen-bond donors (Lipinski definition) is 1. The van der Waals surface area contributed by atoms with Gasteiger partial charge in [-0.15, -0.1) is 0 Å². The van der Waals surface area contributed by atoms with Crippen molar-refractivity contribution in [3.63, 3.8) is 0 Å². The molecule has 0 unspecified atom stereocenters. The Labute approximate surface area is 237 Å². The van der Waals surface area contributed by atoms with E-state index in [-0.39, 0.29) is 56.0 Å². The lowest BCUT2D eigenvalue weighted by Crippen LogP contribution is -2.51. The molecule has 0 atom stereocenters. The van der Waals surface area contributed by atoms with E-state index in [9.17, 15) is 27.6 Å². The largest absolute Gasteiger partial charge is 0.489 e. The number of halogens is 3. The van der Waals surface area contributed by atoms with Crippen molar-refractivity contribution in [2.24, 2.45) is 5.92 Å². The highest BCUT2D eigenvalue weighted by Crippen LogP contribution is 2.37. The molecule has 0 bridgehead atoms. The van der Waals surface area contributed by atoms with Crippen LogP contribution in [0.3, 0.4) is 0 Å². The Morgan fingerprint density at radius 1 is 1.00 bits per heavy atom. The normalized spacial score (nSPS) is 17.6. The first-order chi connectivity index (χ1) is 19.6. The molecule has 1 aliphatic heterocycles. The molecule has 1 N–H and O–H groups in total. The van der Waals surface area contributed by atoms with Crippen molar-refractivity contribution in [3.8, 4) is 5.75 Å². The molecule has 0 spiro atoms. The lowest BCUT2D eigenvalue weighted by Gasteiger charge is -2.35. The second-order valence-electron chi connectivity index (χ2n) is 10.7. The summed E-state index contributed by atoms with van der Waals surface area (Å²) >= 11 is 0. The first-order valence-corrected chi connectivity index (χ1v) is 13.8. The molecule has 4 rings (SSSR count). The number of carbonyl (C=O) groups excluding carboxylic acids is 3. The van der Waals surface area contributed by atoms with Gasteiger partial charge in [0.05, 0.1) is 19.2 Å². The third-order valence-electron chi connectivity index (χ3n) is 7.66. The number of benzene rings is 2. The fraction of sp³-hybridized carbons (Fsp3) is 0.500. The number of ether oxygens (including phenoxy) is 2. The standard InChI is InChI=1S/C30H36F3N3O5/c1-40-29(39)23-4-2-22(3-5-23)20-41-26-7-6-25(31)17-24(26)19-35-12-14-36(15-13-35)28(38)18-34-27(37)16-21-8-10-30(32,33)11-9-21/h2-7,17,21H,8-16,18-20H2,1H3,(H,34,37). The minimum atomic E-state index is -2.63. The smallest absolute Gasteiger partial charge is 0.337 e. The van der Waals surface area contributed by atoms with Crippen molar-refractivity contribution in [2.45, 2.75) is 51.2 Å². The predicted octanol–water partition coefficient (Wildman–Crippen LogP) is 4.17. The van der Waals surface area contributed by atoms with Gasteiger partial charge in [-0.3, -0.25) is 14.5 Å². The van der Waals surface area contributed by atoms with Gasteiger partial charge >= 0.3 is 5.97 Å². The van der Waals surface area contributed by atoms with Crippen LogP contribution in [0, 0.1) is 11.7 Å². The zero-order valence-corrected chi connectivity index (χ0v) is 23.2. The predicted molar refractivity (Wildman–Crippen MR) is 145 cm³/mol. The molecule has 0 radical (unpaired) electrons. The van der Waals surface area contributed by atoms with Crippen LogP contribution in [0.4, 0.5) is 13.2 Å². The molecule has 41 heavy (non-hydrogen) atoms. The first kappa shape index (κ1) is 30.4. The van der Waals surface area contributed by atoms with Crippen LogP contribution in [0.25, 0.3) is 0 Å². The molecule has 2 aliphatic rings. The van der Waals surface area contributed by atoms with Gasteiger partial charge in [0.15, 0.2) is 0 Å². The van der Waals surface area contributed by atoms with E-state index in [1.165, 1.54) is 19.2 Å². The monoisotopic (exact) mass is 575 g/mol. The van der Waals surface area contributed by atoms with E-state index in [0.29, 0.717) is 62.4 Å². The maximum absolute atomic E-state index is 14.1. The number of carbonyl (C=O) groups is 3. The Morgan fingerprint density at radius 2 is 1.68 bits per heavy atom. The fourth-order valence-corrected chi connectivity index (χ4v) is 5.15. The summed E-state index contributed by atoms with van der Waals surface area (Å²) in [5.41, 5.74) is 1.96. The summed E-state index contributed by atoms with van der Waals surface area (Å²) in [6, 6.07) is 11.2. The van der Waals surface area contributed by atoms with Gasteiger partial charge in [0.1, 0.15) is 18.2 Å². The van der Waals surface area contributed by atoms with Crippen molar-refractivity contribution >= 4 is 17.8 Å². The zero-order valence-electron chi connectivity index (χ0n) is 23.2. The molecule has 11 heteroatoms. The number of esters is 1. The maximum atomic E-state index is 14.1. The number of hydrogen-bond acceptors (Lipinski definition) is 6. The van der Waals surface area contributed by atoms with Crippen molar-refractivity contribution in [3.05, 3.63) is 65.0 Å². The summed E-state index contributed by atoms with van der Waals surface area (Å²) in [4.78, 5) is 40.3. The Hall–Kier alpha value is -3.60. The molecular weight excluding hydrogens is 539 g/mol. The molecule has 2 amide bonds. The van der Waals surface area contributed by atoms with Crippen LogP contribution in [-0.2, 0) is 27.5 Å². The van der Waals surface area contributed by atoms with Gasteiger partial charge in [-0.05, 0) is 54.7 Å². The second-order valence-corrected chi connectivity index (χ2v) is 10.7. The van der Waals surface area contributed by atoms with E-state index >= 15 is 0 Å². The third-order valence-corrected chi connectivity index (χ3v) is 7.66. The molecular formula is C30H36F3N3O5. The number of amides is 2. The van der Waals surface area contributed by atoms with Gasteiger partial charge in [0, 0.05) is 57.5 Å². The molecule has 1 saturated carbocycles. The Morgan fingerprint density at radius 3 is 2.34 bits per heavy atom. The summed E-state index contributed by atoms with van der Waals surface area (Å²) in [7, 11) is 1.32. The van der Waals surface area contributed by atoms with Gasteiger partial charge in [0.25, 0.3) is 0 Å². The van der Waals surface area contributed by atoms with Crippen LogP contribution in [0.5, 0.6) is 5.75 Å². The maximum Gasteiger partial charge on any atom is 0.337 e. The average Bonchev–Trinajstić information content (AvgIpc) is 2.97. The minimum absolute atomic E-state index is 0.0721. The van der Waals surface area contributed by atoms with E-state index in [1.54, 1.807) is 35.2 Å². The van der Waals surface area contributed by atoms with Crippen LogP contribution in [0.15, 0.2) is 42.5 Å². The second kappa shape index (κ2) is 13.8. The third kappa shape index (κ3) is 8.94. The molecule has 1 saturated heterocycles. The number of alkyl halides is 2. The first-order valence-electron chi connectivity index (χ1n) is 13.8. The fourth-order valence-electron chi connectivity index (χ4n) is 5.15. The van der Waals surface area contributed by atoms with Gasteiger partial charge in [-0.25, -0.2) is 18.0 Å². The van der Waals surface area contributed by atoms with Crippen LogP contribution < -0.4 is 10.1 Å². The van der Waals surface area contributed by atoms with E-state index in [0.717, 1.165) is 5.56 Å². The van der Waals surface area contributed by atoms with Crippen LogP contribution >= 0.6 is 0 Å². The molecule has 2 fully saturated rings. The van der Waals surface area contributed by atoms with E-state index in [4.69, 9.17) is 9.47 Å². The number of rotatable bonds is 10. The Bertz CT molecular complexity index is 1210. The lowest BCUT2D eigenvalue weighted by atomic mass is 9.84. The molecule has 1 heterocycles. The molecule has 2 aromatic carbocycles. The van der Waals surface area contributed by atoms with Gasteiger partial charge in [-0.1, -0.05) is 12.1 Å². The summed E-state index contributed by atoms with van der Waals surface area (Å²) in [5.74, 6) is -3.43. The summed E-state index contributed by atoms with van der Waals surface area (Å²) in [5, 5.41) is 2.64. The van der Waals surface area contributed by atoms with Gasteiger partial charge in [-0.2, -0.15) is 0 Å². The van der Waals surface area contributed by atoms with Gasteiger partial charge < -0.3 is 19.7 Å². The zero-order chi connectivity index (χ0) is 29.4. The number of methoxy groups -OCH3 is 1. The Kier molecular flexibility index (Phi) is 10.3. The summed E-state index contributed by atoms with van der Waals surface area (Å²) in [6.07, 6.45) is 0.415. The number of nitrogens with one attached hydrogen (secondary N) is 1. The molecule has 2 aromatic rings. The topological polar surface area (TPSA) is 88.2 Å². The molecule has 0 aromatic heterocycles. The Balaban J connectivity index is 1.21. The highest BCUT2D eigenvalue weighted by atomic mass is 19.3.